The summed E-state index contributed by atoms with van der Waals surface area (Å²) in [5.74, 6) is -0.955. The molecule has 0 aliphatic carbocycles. The number of benzene rings is 1. The summed E-state index contributed by atoms with van der Waals surface area (Å²) in [7, 11) is 0. The predicted octanol–water partition coefficient (Wildman–Crippen LogP) is 3.39. The van der Waals surface area contributed by atoms with Crippen molar-refractivity contribution in [2.45, 2.75) is 13.8 Å². The zero-order valence-corrected chi connectivity index (χ0v) is 15.5. The van der Waals surface area contributed by atoms with E-state index in [2.05, 4.69) is 10.3 Å². The molecule has 0 saturated heterocycles. The number of hydrogen-bond acceptors (Lipinski definition) is 7. The maximum Gasteiger partial charge on any atom is 0.350 e. The largest absolute Gasteiger partial charge is 0.463 e. The summed E-state index contributed by atoms with van der Waals surface area (Å²) < 4.78 is 10.3. The molecule has 1 aromatic carbocycles. The van der Waals surface area contributed by atoms with Crippen molar-refractivity contribution in [3.8, 4) is 0 Å². The topological polar surface area (TPSA) is 98.5 Å². The first-order chi connectivity index (χ1) is 13.0. The van der Waals surface area contributed by atoms with Crippen molar-refractivity contribution in [3.63, 3.8) is 0 Å². The molecule has 0 atom stereocenters. The highest BCUT2D eigenvalue weighted by Gasteiger charge is 2.17. The Balaban J connectivity index is 1.75. The zero-order chi connectivity index (χ0) is 19.4. The quantitative estimate of drug-likeness (QED) is 0.535. The SMILES string of the molecule is CCOC(=O)c1sc(NC(=O)/C=C/c2coc3ccccc3c2=O)nc1C. The van der Waals surface area contributed by atoms with Crippen LogP contribution in [0.3, 0.4) is 0 Å². The first kappa shape index (κ1) is 18.5. The smallest absolute Gasteiger partial charge is 0.350 e. The molecule has 0 aliphatic rings. The Morgan fingerprint density at radius 1 is 1.33 bits per heavy atom. The molecule has 0 saturated carbocycles. The third-order valence-electron chi connectivity index (χ3n) is 3.61. The Bertz CT molecular complexity index is 1100. The number of esters is 1. The Morgan fingerprint density at radius 3 is 2.89 bits per heavy atom. The number of aryl methyl sites for hydroxylation is 1. The molecule has 2 aromatic heterocycles. The monoisotopic (exact) mass is 384 g/mol. The fourth-order valence-electron chi connectivity index (χ4n) is 2.36. The highest BCUT2D eigenvalue weighted by atomic mass is 32.1. The van der Waals surface area contributed by atoms with E-state index < -0.39 is 11.9 Å². The molecule has 0 radical (unpaired) electrons. The van der Waals surface area contributed by atoms with Crippen LogP contribution in [0.15, 0.2) is 45.8 Å². The van der Waals surface area contributed by atoms with Crippen LogP contribution in [0, 0.1) is 6.92 Å². The minimum atomic E-state index is -0.480. The van der Waals surface area contributed by atoms with Crippen molar-refractivity contribution in [2.24, 2.45) is 0 Å². The van der Waals surface area contributed by atoms with Gasteiger partial charge in [-0.05, 0) is 32.1 Å². The summed E-state index contributed by atoms with van der Waals surface area (Å²) in [4.78, 5) is 40.8. The number of fused-ring (bicyclic) bond motifs is 1. The molecule has 0 spiro atoms. The minimum absolute atomic E-state index is 0.226. The molecule has 1 N–H and O–H groups in total. The fourth-order valence-corrected chi connectivity index (χ4v) is 3.22. The van der Waals surface area contributed by atoms with E-state index in [0.29, 0.717) is 21.5 Å². The Morgan fingerprint density at radius 2 is 2.11 bits per heavy atom. The molecule has 138 valence electrons. The van der Waals surface area contributed by atoms with Gasteiger partial charge in [0, 0.05) is 6.08 Å². The van der Waals surface area contributed by atoms with Gasteiger partial charge in [-0.2, -0.15) is 0 Å². The molecule has 2 heterocycles. The lowest BCUT2D eigenvalue weighted by Crippen LogP contribution is -2.09. The van der Waals surface area contributed by atoms with Crippen molar-refractivity contribution in [2.75, 3.05) is 11.9 Å². The summed E-state index contributed by atoms with van der Waals surface area (Å²) in [6.45, 7) is 3.63. The lowest BCUT2D eigenvalue weighted by Gasteiger charge is -1.98. The van der Waals surface area contributed by atoms with E-state index in [1.54, 1.807) is 38.1 Å². The van der Waals surface area contributed by atoms with Gasteiger partial charge in [0.1, 0.15) is 16.7 Å². The number of anilines is 1. The van der Waals surface area contributed by atoms with Crippen LogP contribution in [0.5, 0.6) is 0 Å². The summed E-state index contributed by atoms with van der Waals surface area (Å²) in [5.41, 5.74) is 0.990. The van der Waals surface area contributed by atoms with Gasteiger partial charge in [0.05, 0.1) is 23.3 Å². The van der Waals surface area contributed by atoms with Crippen molar-refractivity contribution >= 4 is 45.4 Å². The van der Waals surface area contributed by atoms with E-state index >= 15 is 0 Å². The molecular formula is C19H16N2O5S. The number of nitrogens with zero attached hydrogens (tertiary/aromatic N) is 1. The average Bonchev–Trinajstić information content (AvgIpc) is 3.02. The van der Waals surface area contributed by atoms with Gasteiger partial charge in [0.2, 0.25) is 5.91 Å². The summed E-state index contributed by atoms with van der Waals surface area (Å²) in [6.07, 6.45) is 3.89. The summed E-state index contributed by atoms with van der Waals surface area (Å²) in [6, 6.07) is 6.87. The average molecular weight is 384 g/mol. The standard InChI is InChI=1S/C19H16N2O5S/c1-3-25-18(24)17-11(2)20-19(27-17)21-15(22)9-8-12-10-26-14-7-5-4-6-13(14)16(12)23/h4-10H,3H2,1-2H3,(H,20,21,22)/b9-8+. The molecular weight excluding hydrogens is 368 g/mol. The van der Waals surface area contributed by atoms with Crippen LogP contribution in [0.4, 0.5) is 5.13 Å². The first-order valence-corrected chi connectivity index (χ1v) is 8.95. The Kier molecular flexibility index (Phi) is 5.46. The van der Waals surface area contributed by atoms with E-state index in [9.17, 15) is 14.4 Å². The van der Waals surface area contributed by atoms with Gasteiger partial charge >= 0.3 is 5.97 Å². The van der Waals surface area contributed by atoms with Gasteiger partial charge in [-0.15, -0.1) is 0 Å². The molecule has 7 nitrogen and oxygen atoms in total. The van der Waals surface area contributed by atoms with Crippen LogP contribution >= 0.6 is 11.3 Å². The highest BCUT2D eigenvalue weighted by molar-refractivity contribution is 7.17. The third-order valence-corrected chi connectivity index (χ3v) is 4.66. The number of thiazole rings is 1. The second kappa shape index (κ2) is 7.96. The van der Waals surface area contributed by atoms with Crippen LogP contribution in [0.25, 0.3) is 17.0 Å². The lowest BCUT2D eigenvalue weighted by molar-refractivity contribution is -0.111. The van der Waals surface area contributed by atoms with E-state index in [0.717, 1.165) is 11.3 Å². The van der Waals surface area contributed by atoms with Crippen molar-refractivity contribution in [3.05, 3.63) is 63.0 Å². The second-order valence-electron chi connectivity index (χ2n) is 5.49. The fraction of sp³-hybridized carbons (Fsp3) is 0.158. The molecule has 0 aliphatic heterocycles. The molecule has 1 amide bonds. The van der Waals surface area contributed by atoms with Gasteiger partial charge in [0.25, 0.3) is 0 Å². The number of hydrogen-bond donors (Lipinski definition) is 1. The summed E-state index contributed by atoms with van der Waals surface area (Å²) in [5, 5.41) is 3.28. The Labute approximate surface area is 158 Å². The predicted molar refractivity (Wildman–Crippen MR) is 103 cm³/mol. The van der Waals surface area contributed by atoms with Crippen molar-refractivity contribution in [1.82, 2.24) is 4.98 Å². The Hall–Kier alpha value is -3.26. The van der Waals surface area contributed by atoms with E-state index in [-0.39, 0.29) is 22.7 Å². The minimum Gasteiger partial charge on any atom is -0.463 e. The number of carbonyl (C=O) groups excluding carboxylic acids is 2. The molecule has 0 fully saturated rings. The van der Waals surface area contributed by atoms with Gasteiger partial charge < -0.3 is 9.15 Å². The number of para-hydroxylation sites is 1. The normalized spacial score (nSPS) is 11.0. The van der Waals surface area contributed by atoms with Gasteiger partial charge in [-0.1, -0.05) is 23.5 Å². The number of ether oxygens (including phenoxy) is 1. The molecule has 0 bridgehead atoms. The summed E-state index contributed by atoms with van der Waals surface area (Å²) >= 11 is 1.03. The molecule has 3 rings (SSSR count). The van der Waals surface area contributed by atoms with Crippen LogP contribution in [0.2, 0.25) is 0 Å². The molecule has 3 aromatic rings. The maximum atomic E-state index is 12.4. The van der Waals surface area contributed by atoms with Crippen molar-refractivity contribution < 1.29 is 18.7 Å². The van der Waals surface area contributed by atoms with Gasteiger partial charge in [-0.3, -0.25) is 14.9 Å². The van der Waals surface area contributed by atoms with E-state index in [1.165, 1.54) is 18.4 Å². The van der Waals surface area contributed by atoms with Crippen LogP contribution in [-0.2, 0) is 9.53 Å². The van der Waals surface area contributed by atoms with Crippen LogP contribution < -0.4 is 10.7 Å². The number of rotatable bonds is 5. The maximum absolute atomic E-state index is 12.4. The van der Waals surface area contributed by atoms with E-state index in [1.807, 2.05) is 0 Å². The van der Waals surface area contributed by atoms with Crippen LogP contribution in [-0.4, -0.2) is 23.5 Å². The highest BCUT2D eigenvalue weighted by Crippen LogP contribution is 2.23. The third kappa shape index (κ3) is 4.12. The number of aromatic nitrogens is 1. The van der Waals surface area contributed by atoms with E-state index in [4.69, 9.17) is 9.15 Å². The molecule has 0 unspecified atom stereocenters. The molecule has 27 heavy (non-hydrogen) atoms. The number of amides is 1. The number of nitrogens with one attached hydrogen (secondary N) is 1. The van der Waals surface area contributed by atoms with Crippen molar-refractivity contribution in [1.29, 1.82) is 0 Å². The second-order valence-corrected chi connectivity index (χ2v) is 6.49. The lowest BCUT2D eigenvalue weighted by atomic mass is 10.1. The van der Waals surface area contributed by atoms with Crippen LogP contribution in [0.1, 0.15) is 27.9 Å². The number of carbonyl (C=O) groups is 2. The zero-order valence-electron chi connectivity index (χ0n) is 14.6. The van der Waals surface area contributed by atoms with Gasteiger partial charge in [0.15, 0.2) is 10.6 Å². The molecule has 8 heteroatoms. The van der Waals surface area contributed by atoms with Gasteiger partial charge in [-0.25, -0.2) is 9.78 Å². The first-order valence-electron chi connectivity index (χ1n) is 8.13.